The molecular weight excluding hydrogens is 200 g/mol. The van der Waals surface area contributed by atoms with E-state index in [0.29, 0.717) is 12.1 Å². The maximum atomic E-state index is 11.1. The van der Waals surface area contributed by atoms with Gasteiger partial charge in [-0.25, -0.2) is 4.79 Å². The Hall–Kier alpha value is -1.85. The Kier molecular flexibility index (Phi) is 3.43. The second kappa shape index (κ2) is 4.59. The van der Waals surface area contributed by atoms with E-state index in [9.17, 15) is 9.59 Å². The third-order valence-corrected chi connectivity index (χ3v) is 1.97. The molecule has 0 aliphatic rings. The van der Waals surface area contributed by atoms with Crippen molar-refractivity contribution in [2.75, 3.05) is 7.11 Å². The van der Waals surface area contributed by atoms with Crippen molar-refractivity contribution in [3.8, 4) is 0 Å². The summed E-state index contributed by atoms with van der Waals surface area (Å²) in [5, 5.41) is 12.4. The van der Waals surface area contributed by atoms with Crippen LogP contribution in [0.15, 0.2) is 6.07 Å². The quantitative estimate of drug-likeness (QED) is 0.722. The van der Waals surface area contributed by atoms with Gasteiger partial charge in [0.05, 0.1) is 13.5 Å². The normalized spacial score (nSPS) is 10.0. The zero-order valence-electron chi connectivity index (χ0n) is 8.56. The summed E-state index contributed by atoms with van der Waals surface area (Å²) in [4.78, 5) is 21.5. The van der Waals surface area contributed by atoms with Crippen molar-refractivity contribution in [3.05, 3.63) is 17.5 Å². The van der Waals surface area contributed by atoms with Crippen molar-refractivity contribution in [2.24, 2.45) is 7.05 Å². The van der Waals surface area contributed by atoms with E-state index in [1.807, 2.05) is 0 Å². The van der Waals surface area contributed by atoms with Crippen LogP contribution in [-0.4, -0.2) is 33.9 Å². The first kappa shape index (κ1) is 11.2. The van der Waals surface area contributed by atoms with Gasteiger partial charge >= 0.3 is 11.9 Å². The Bertz CT molecular complexity index is 383. The molecule has 0 saturated heterocycles. The molecule has 0 aromatic carbocycles. The molecule has 0 saturated carbocycles. The summed E-state index contributed by atoms with van der Waals surface area (Å²) in [7, 11) is 2.93. The molecule has 15 heavy (non-hydrogen) atoms. The molecule has 1 aromatic rings. The standard InChI is InChI=1S/C9H12N2O4/c1-11-6(3-4-8(12)13)5-7(10-11)9(14)15-2/h5H,3-4H2,1-2H3,(H,12,13). The molecule has 1 N–H and O–H groups in total. The Morgan fingerprint density at radius 3 is 2.80 bits per heavy atom. The zero-order valence-corrected chi connectivity index (χ0v) is 8.56. The number of carboxylic acids is 1. The van der Waals surface area contributed by atoms with Crippen molar-refractivity contribution < 1.29 is 19.4 Å². The Morgan fingerprint density at radius 2 is 2.27 bits per heavy atom. The van der Waals surface area contributed by atoms with E-state index in [0.717, 1.165) is 0 Å². The van der Waals surface area contributed by atoms with Crippen molar-refractivity contribution >= 4 is 11.9 Å². The molecule has 0 radical (unpaired) electrons. The number of ether oxygens (including phenoxy) is 1. The summed E-state index contributed by atoms with van der Waals surface area (Å²) in [6.07, 6.45) is 0.357. The molecule has 1 rings (SSSR count). The highest BCUT2D eigenvalue weighted by atomic mass is 16.5. The molecule has 0 amide bonds. The lowest BCUT2D eigenvalue weighted by molar-refractivity contribution is -0.136. The molecule has 0 bridgehead atoms. The number of carboxylic acid groups (broad SMARTS) is 1. The fourth-order valence-electron chi connectivity index (χ4n) is 1.18. The molecule has 82 valence electrons. The lowest BCUT2D eigenvalue weighted by Gasteiger charge is -1.97. The lowest BCUT2D eigenvalue weighted by Crippen LogP contribution is -2.04. The van der Waals surface area contributed by atoms with Crippen molar-refractivity contribution in [3.63, 3.8) is 0 Å². The van der Waals surface area contributed by atoms with Gasteiger partial charge in [0, 0.05) is 12.7 Å². The van der Waals surface area contributed by atoms with Crippen LogP contribution in [0.5, 0.6) is 0 Å². The lowest BCUT2D eigenvalue weighted by atomic mass is 10.2. The summed E-state index contributed by atoms with van der Waals surface area (Å²) in [6.45, 7) is 0. The van der Waals surface area contributed by atoms with Gasteiger partial charge in [-0.05, 0) is 12.5 Å². The number of aryl methyl sites for hydroxylation is 2. The predicted molar refractivity (Wildman–Crippen MR) is 50.5 cm³/mol. The van der Waals surface area contributed by atoms with Crippen LogP contribution in [0, 0.1) is 0 Å². The van der Waals surface area contributed by atoms with Gasteiger partial charge in [-0.2, -0.15) is 5.10 Å². The van der Waals surface area contributed by atoms with Gasteiger partial charge in [0.1, 0.15) is 0 Å². The first-order chi connectivity index (χ1) is 7.04. The number of carbonyl (C=O) groups is 2. The monoisotopic (exact) mass is 212 g/mol. The van der Waals surface area contributed by atoms with Crippen molar-refractivity contribution in [1.82, 2.24) is 9.78 Å². The molecule has 6 nitrogen and oxygen atoms in total. The second-order valence-corrected chi connectivity index (χ2v) is 3.03. The molecule has 1 aromatic heterocycles. The van der Waals surface area contributed by atoms with Crippen molar-refractivity contribution in [1.29, 1.82) is 0 Å². The number of carbonyl (C=O) groups excluding carboxylic acids is 1. The average molecular weight is 212 g/mol. The first-order valence-corrected chi connectivity index (χ1v) is 4.37. The maximum absolute atomic E-state index is 11.1. The third-order valence-electron chi connectivity index (χ3n) is 1.97. The van der Waals surface area contributed by atoms with Crippen LogP contribution in [0.4, 0.5) is 0 Å². The molecular formula is C9H12N2O4. The molecule has 0 aliphatic heterocycles. The van der Waals surface area contributed by atoms with Gasteiger partial charge in [-0.1, -0.05) is 0 Å². The summed E-state index contributed by atoms with van der Waals surface area (Å²) >= 11 is 0. The highest BCUT2D eigenvalue weighted by Gasteiger charge is 2.13. The molecule has 1 heterocycles. The van der Waals surface area contributed by atoms with Gasteiger partial charge in [0.25, 0.3) is 0 Å². The number of methoxy groups -OCH3 is 1. The Balaban J connectivity index is 2.77. The van der Waals surface area contributed by atoms with E-state index < -0.39 is 11.9 Å². The molecule has 6 heteroatoms. The van der Waals surface area contributed by atoms with E-state index in [1.54, 1.807) is 7.05 Å². The summed E-state index contributed by atoms with van der Waals surface area (Å²) in [5.41, 5.74) is 0.887. The van der Waals surface area contributed by atoms with Crippen molar-refractivity contribution in [2.45, 2.75) is 12.8 Å². The second-order valence-electron chi connectivity index (χ2n) is 3.03. The van der Waals surface area contributed by atoms with Crippen LogP contribution in [0.3, 0.4) is 0 Å². The fourth-order valence-corrected chi connectivity index (χ4v) is 1.18. The number of rotatable bonds is 4. The van der Waals surface area contributed by atoms with Gasteiger partial charge in [0.2, 0.25) is 0 Å². The summed E-state index contributed by atoms with van der Waals surface area (Å²) < 4.78 is 5.98. The SMILES string of the molecule is COC(=O)c1cc(CCC(=O)O)n(C)n1. The Labute approximate surface area is 86.5 Å². The summed E-state index contributed by atoms with van der Waals surface area (Å²) in [6, 6.07) is 1.54. The van der Waals surface area contributed by atoms with E-state index in [-0.39, 0.29) is 12.1 Å². The minimum atomic E-state index is -0.879. The van der Waals surface area contributed by atoms with Crippen LogP contribution >= 0.6 is 0 Å². The van der Waals surface area contributed by atoms with Crippen LogP contribution in [0.1, 0.15) is 22.6 Å². The third kappa shape index (κ3) is 2.80. The average Bonchev–Trinajstić information content (AvgIpc) is 2.55. The zero-order chi connectivity index (χ0) is 11.4. The number of aliphatic carboxylic acids is 1. The smallest absolute Gasteiger partial charge is 0.358 e. The number of nitrogens with zero attached hydrogens (tertiary/aromatic N) is 2. The van der Waals surface area contributed by atoms with Gasteiger partial charge in [0.15, 0.2) is 5.69 Å². The highest BCUT2D eigenvalue weighted by molar-refractivity contribution is 5.87. The molecule has 0 aliphatic carbocycles. The predicted octanol–water partition coefficient (Wildman–Crippen LogP) is 0.224. The van der Waals surface area contributed by atoms with E-state index in [4.69, 9.17) is 5.11 Å². The van der Waals surface area contributed by atoms with Gasteiger partial charge < -0.3 is 9.84 Å². The van der Waals surface area contributed by atoms with Crippen LogP contribution in [0.2, 0.25) is 0 Å². The van der Waals surface area contributed by atoms with Gasteiger partial charge in [-0.15, -0.1) is 0 Å². The van der Waals surface area contributed by atoms with E-state index in [2.05, 4.69) is 9.84 Å². The van der Waals surface area contributed by atoms with E-state index in [1.165, 1.54) is 17.9 Å². The molecule has 0 atom stereocenters. The molecule has 0 unspecified atom stereocenters. The van der Waals surface area contributed by atoms with Crippen LogP contribution in [0.25, 0.3) is 0 Å². The van der Waals surface area contributed by atoms with Crippen LogP contribution in [-0.2, 0) is 23.0 Å². The first-order valence-electron chi connectivity index (χ1n) is 4.37. The highest BCUT2D eigenvalue weighted by Crippen LogP contribution is 2.06. The summed E-state index contributed by atoms with van der Waals surface area (Å²) in [5.74, 6) is -1.40. The van der Waals surface area contributed by atoms with Gasteiger partial charge in [-0.3, -0.25) is 9.48 Å². The number of esters is 1. The van der Waals surface area contributed by atoms with E-state index >= 15 is 0 Å². The molecule has 0 spiro atoms. The topological polar surface area (TPSA) is 81.4 Å². The number of hydrogen-bond donors (Lipinski definition) is 1. The molecule has 0 fully saturated rings. The fraction of sp³-hybridized carbons (Fsp3) is 0.444. The minimum Gasteiger partial charge on any atom is -0.481 e. The largest absolute Gasteiger partial charge is 0.481 e. The Morgan fingerprint density at radius 1 is 1.60 bits per heavy atom. The van der Waals surface area contributed by atoms with Crippen LogP contribution < -0.4 is 0 Å². The maximum Gasteiger partial charge on any atom is 0.358 e. The number of aromatic nitrogens is 2. The minimum absolute atomic E-state index is 0.0140. The number of hydrogen-bond acceptors (Lipinski definition) is 4.